The van der Waals surface area contributed by atoms with Gasteiger partial charge < -0.3 is 11.1 Å². The molecule has 0 spiro atoms. The number of rotatable bonds is 6. The average molecular weight is 482 g/mol. The van der Waals surface area contributed by atoms with Crippen molar-refractivity contribution in [3.8, 4) is 0 Å². The van der Waals surface area contributed by atoms with Gasteiger partial charge >= 0.3 is 0 Å². The first-order chi connectivity index (χ1) is 14.2. The van der Waals surface area contributed by atoms with E-state index in [0.29, 0.717) is 24.3 Å². The van der Waals surface area contributed by atoms with Gasteiger partial charge in [-0.1, -0.05) is 53.7 Å². The Morgan fingerprint density at radius 3 is 1.97 bits per heavy atom. The number of nitrogens with zero attached hydrogens (tertiary/aromatic N) is 1. The molecule has 8 heteroatoms. The van der Waals surface area contributed by atoms with Crippen LogP contribution in [-0.2, 0) is 20.9 Å². The molecule has 0 atom stereocenters. The molecular formula is C24H36ClN3O3S. The van der Waals surface area contributed by atoms with Crippen LogP contribution in [0.5, 0.6) is 0 Å². The SMILES string of the molecule is CN(c1cccc(C(=O)NCCN)c1)S(=O)(=O)c1cc(C(C)(C)C)cc(C(C)(C)C)c1.Cl. The lowest BCUT2D eigenvalue weighted by atomic mass is 9.81. The molecule has 178 valence electrons. The second kappa shape index (κ2) is 10.2. The molecular weight excluding hydrogens is 446 g/mol. The molecule has 0 aliphatic heterocycles. The molecule has 0 saturated carbocycles. The van der Waals surface area contributed by atoms with Gasteiger partial charge in [-0.3, -0.25) is 9.10 Å². The standard InChI is InChI=1S/C24H35N3O3S.ClH/c1-23(2,3)18-14-19(24(4,5)6)16-21(15-18)31(29,30)27(7)20-10-8-9-17(13-20)22(28)26-12-11-25;/h8-10,13-16H,11-12,25H2,1-7H3,(H,26,28);1H. The minimum Gasteiger partial charge on any atom is -0.351 e. The molecule has 6 nitrogen and oxygen atoms in total. The maximum Gasteiger partial charge on any atom is 0.264 e. The molecule has 0 fully saturated rings. The number of hydrogen-bond donors (Lipinski definition) is 2. The average Bonchev–Trinajstić information content (AvgIpc) is 2.69. The van der Waals surface area contributed by atoms with E-state index in [1.54, 1.807) is 36.4 Å². The van der Waals surface area contributed by atoms with Gasteiger partial charge in [0.2, 0.25) is 0 Å². The first-order valence-corrected chi connectivity index (χ1v) is 11.9. The molecule has 0 radical (unpaired) electrons. The smallest absolute Gasteiger partial charge is 0.264 e. The van der Waals surface area contributed by atoms with E-state index in [4.69, 9.17) is 5.73 Å². The highest BCUT2D eigenvalue weighted by molar-refractivity contribution is 7.92. The minimum absolute atomic E-state index is 0. The van der Waals surface area contributed by atoms with Gasteiger partial charge in [-0.05, 0) is 52.3 Å². The van der Waals surface area contributed by atoms with Crippen molar-refractivity contribution in [3.63, 3.8) is 0 Å². The quantitative estimate of drug-likeness (QED) is 0.646. The predicted molar refractivity (Wildman–Crippen MR) is 135 cm³/mol. The van der Waals surface area contributed by atoms with Gasteiger partial charge in [0, 0.05) is 25.7 Å². The van der Waals surface area contributed by atoms with Crippen LogP contribution in [0.3, 0.4) is 0 Å². The van der Waals surface area contributed by atoms with Crippen LogP contribution in [0, 0.1) is 0 Å². The van der Waals surface area contributed by atoms with Crippen LogP contribution < -0.4 is 15.4 Å². The van der Waals surface area contributed by atoms with Crippen LogP contribution in [0.15, 0.2) is 47.4 Å². The molecule has 0 saturated heterocycles. The normalized spacial score (nSPS) is 12.1. The topological polar surface area (TPSA) is 92.5 Å². The van der Waals surface area contributed by atoms with E-state index < -0.39 is 10.0 Å². The number of halogens is 1. The summed E-state index contributed by atoms with van der Waals surface area (Å²) in [5.41, 5.74) is 7.75. The zero-order chi connectivity index (χ0) is 23.6. The third kappa shape index (κ3) is 6.47. The first kappa shape index (κ1) is 27.9. The number of sulfonamides is 1. The summed E-state index contributed by atoms with van der Waals surface area (Å²) in [5, 5.41) is 2.70. The number of nitrogens with two attached hydrogens (primary N) is 1. The summed E-state index contributed by atoms with van der Waals surface area (Å²) < 4.78 is 28.3. The minimum atomic E-state index is -3.84. The molecule has 0 aliphatic rings. The predicted octanol–water partition coefficient (Wildman–Crippen LogP) is 4.22. The zero-order valence-corrected chi connectivity index (χ0v) is 21.7. The molecule has 2 aromatic rings. The lowest BCUT2D eigenvalue weighted by Crippen LogP contribution is -2.30. The number of carbonyl (C=O) groups excluding carboxylic acids is 1. The first-order valence-electron chi connectivity index (χ1n) is 10.4. The molecule has 0 aliphatic carbocycles. The van der Waals surface area contributed by atoms with Gasteiger partial charge in [0.1, 0.15) is 0 Å². The van der Waals surface area contributed by atoms with Crippen molar-refractivity contribution in [2.75, 3.05) is 24.4 Å². The molecule has 0 unspecified atom stereocenters. The van der Waals surface area contributed by atoms with Crippen LogP contribution in [0.1, 0.15) is 63.0 Å². The van der Waals surface area contributed by atoms with Crippen LogP contribution in [0.25, 0.3) is 0 Å². The van der Waals surface area contributed by atoms with Crippen molar-refractivity contribution in [3.05, 3.63) is 59.2 Å². The van der Waals surface area contributed by atoms with Crippen molar-refractivity contribution >= 4 is 34.0 Å². The maximum atomic E-state index is 13.6. The monoisotopic (exact) mass is 481 g/mol. The Morgan fingerprint density at radius 2 is 1.50 bits per heavy atom. The Kier molecular flexibility index (Phi) is 8.94. The molecule has 1 amide bonds. The fraction of sp³-hybridized carbons (Fsp3) is 0.458. The Hall–Kier alpha value is -2.09. The Balaban J connectivity index is 0.00000512. The fourth-order valence-corrected chi connectivity index (χ4v) is 4.30. The van der Waals surface area contributed by atoms with E-state index in [2.05, 4.69) is 52.9 Å². The number of amides is 1. The summed E-state index contributed by atoms with van der Waals surface area (Å²) in [4.78, 5) is 12.5. The van der Waals surface area contributed by atoms with Gasteiger partial charge in [0.15, 0.2) is 0 Å². The largest absolute Gasteiger partial charge is 0.351 e. The molecule has 0 bridgehead atoms. The van der Waals surface area contributed by atoms with E-state index >= 15 is 0 Å². The van der Waals surface area contributed by atoms with Crippen molar-refractivity contribution in [2.45, 2.75) is 57.3 Å². The number of benzene rings is 2. The lowest BCUT2D eigenvalue weighted by molar-refractivity contribution is 0.0954. The third-order valence-corrected chi connectivity index (χ3v) is 6.96. The summed E-state index contributed by atoms with van der Waals surface area (Å²) in [6, 6.07) is 12.1. The van der Waals surface area contributed by atoms with Gasteiger partial charge in [-0.2, -0.15) is 0 Å². The zero-order valence-electron chi connectivity index (χ0n) is 20.0. The van der Waals surface area contributed by atoms with Gasteiger partial charge in [0.05, 0.1) is 10.6 Å². The third-order valence-electron chi connectivity index (χ3n) is 5.20. The van der Waals surface area contributed by atoms with Crippen molar-refractivity contribution in [2.24, 2.45) is 5.73 Å². The van der Waals surface area contributed by atoms with Crippen LogP contribution >= 0.6 is 12.4 Å². The molecule has 0 heterocycles. The van der Waals surface area contributed by atoms with E-state index in [1.807, 2.05) is 0 Å². The summed E-state index contributed by atoms with van der Waals surface area (Å²) in [6.45, 7) is 13.1. The highest BCUT2D eigenvalue weighted by atomic mass is 35.5. The molecule has 3 N–H and O–H groups in total. The highest BCUT2D eigenvalue weighted by Gasteiger charge is 2.27. The summed E-state index contributed by atoms with van der Waals surface area (Å²) in [5.74, 6) is -0.289. The number of anilines is 1. The maximum absolute atomic E-state index is 13.6. The summed E-state index contributed by atoms with van der Waals surface area (Å²) in [6.07, 6.45) is 0. The van der Waals surface area contributed by atoms with Gasteiger partial charge in [-0.15, -0.1) is 12.4 Å². The number of hydrogen-bond acceptors (Lipinski definition) is 4. The summed E-state index contributed by atoms with van der Waals surface area (Å²) in [7, 11) is -2.33. The molecule has 32 heavy (non-hydrogen) atoms. The Bertz CT molecular complexity index is 1020. The molecule has 0 aromatic heterocycles. The second-order valence-electron chi connectivity index (χ2n) is 9.81. The molecule has 2 aromatic carbocycles. The highest BCUT2D eigenvalue weighted by Crippen LogP contribution is 2.33. The molecule has 2 rings (SSSR count). The number of nitrogens with one attached hydrogen (secondary N) is 1. The van der Waals surface area contributed by atoms with Crippen molar-refractivity contribution in [1.29, 1.82) is 0 Å². The van der Waals surface area contributed by atoms with Gasteiger partial charge in [-0.25, -0.2) is 8.42 Å². The number of carbonyl (C=O) groups is 1. The van der Waals surface area contributed by atoms with Crippen LogP contribution in [0.2, 0.25) is 0 Å². The van der Waals surface area contributed by atoms with Gasteiger partial charge in [0.25, 0.3) is 15.9 Å². The second-order valence-corrected chi connectivity index (χ2v) is 11.8. The summed E-state index contributed by atoms with van der Waals surface area (Å²) >= 11 is 0. The van der Waals surface area contributed by atoms with E-state index in [1.165, 1.54) is 11.4 Å². The van der Waals surface area contributed by atoms with Crippen LogP contribution in [0.4, 0.5) is 5.69 Å². The Morgan fingerprint density at radius 1 is 0.969 bits per heavy atom. The van der Waals surface area contributed by atoms with E-state index in [0.717, 1.165) is 11.1 Å². The lowest BCUT2D eigenvalue weighted by Gasteiger charge is -2.27. The van der Waals surface area contributed by atoms with E-state index in [9.17, 15) is 13.2 Å². The van der Waals surface area contributed by atoms with Crippen molar-refractivity contribution < 1.29 is 13.2 Å². The Labute approximate surface area is 199 Å². The van der Waals surface area contributed by atoms with E-state index in [-0.39, 0.29) is 34.0 Å². The fourth-order valence-electron chi connectivity index (χ4n) is 3.04. The van der Waals surface area contributed by atoms with Crippen molar-refractivity contribution in [1.82, 2.24) is 5.32 Å². The van der Waals surface area contributed by atoms with Crippen LogP contribution in [-0.4, -0.2) is 34.5 Å².